The fourth-order valence-electron chi connectivity index (χ4n) is 1.55. The molecule has 1 atom stereocenters. The Kier molecular flexibility index (Phi) is 3.88. The average molecular weight is 233 g/mol. The van der Waals surface area contributed by atoms with Crippen LogP contribution in [0.1, 0.15) is 18.9 Å². The van der Waals surface area contributed by atoms with Crippen molar-refractivity contribution in [2.24, 2.45) is 0 Å². The summed E-state index contributed by atoms with van der Waals surface area (Å²) in [5, 5.41) is 4.24. The van der Waals surface area contributed by atoms with E-state index in [1.54, 1.807) is 6.33 Å². The Labute approximate surface area is 99.7 Å². The van der Waals surface area contributed by atoms with E-state index in [4.69, 9.17) is 0 Å². The Hall–Kier alpha value is -1.42. The normalized spacial score (nSPS) is 12.3. The van der Waals surface area contributed by atoms with E-state index in [2.05, 4.69) is 45.9 Å². The average Bonchev–Trinajstić information content (AvgIpc) is 2.81. The lowest BCUT2D eigenvalue weighted by molar-refractivity contribution is 0.705. The van der Waals surface area contributed by atoms with E-state index in [0.717, 1.165) is 18.0 Å². The van der Waals surface area contributed by atoms with E-state index >= 15 is 0 Å². The molecule has 2 aromatic rings. The molecule has 1 aromatic carbocycles. The van der Waals surface area contributed by atoms with E-state index in [1.807, 2.05) is 6.07 Å². The lowest BCUT2D eigenvalue weighted by Crippen LogP contribution is -2.15. The fourth-order valence-corrected chi connectivity index (χ4v) is 2.09. The first-order valence-electron chi connectivity index (χ1n) is 5.42. The van der Waals surface area contributed by atoms with Crippen LogP contribution in [-0.2, 0) is 6.42 Å². The van der Waals surface area contributed by atoms with E-state index in [-0.39, 0.29) is 0 Å². The highest BCUT2D eigenvalue weighted by Gasteiger charge is 2.04. The van der Waals surface area contributed by atoms with Crippen LogP contribution in [0, 0.1) is 0 Å². The van der Waals surface area contributed by atoms with Crippen molar-refractivity contribution in [2.45, 2.75) is 25.8 Å². The van der Waals surface area contributed by atoms with Gasteiger partial charge in [0, 0.05) is 17.6 Å². The van der Waals surface area contributed by atoms with Crippen molar-refractivity contribution in [3.8, 4) is 0 Å². The van der Waals surface area contributed by atoms with E-state index in [0.29, 0.717) is 6.04 Å². The van der Waals surface area contributed by atoms with Crippen molar-refractivity contribution < 1.29 is 0 Å². The van der Waals surface area contributed by atoms with Crippen LogP contribution in [0.15, 0.2) is 36.7 Å². The summed E-state index contributed by atoms with van der Waals surface area (Å²) in [5.74, 6) is 0. The fraction of sp³-hybridized carbons (Fsp3) is 0.333. The zero-order chi connectivity index (χ0) is 11.2. The van der Waals surface area contributed by atoms with Gasteiger partial charge < -0.3 is 5.32 Å². The highest BCUT2D eigenvalue weighted by Crippen LogP contribution is 2.12. The molecule has 84 valence electrons. The summed E-state index contributed by atoms with van der Waals surface area (Å²) in [4.78, 5) is 4.11. The molecule has 0 saturated carbocycles. The summed E-state index contributed by atoms with van der Waals surface area (Å²) in [7, 11) is 0. The molecule has 4 heteroatoms. The lowest BCUT2D eigenvalue weighted by atomic mass is 10.1. The standard InChI is InChI=1S/C12H15N3S/c1-10(15-12-13-9-14-16-12)7-8-11-5-3-2-4-6-11/h2-6,9-10H,7-8H2,1H3,(H,13,14,15). The molecule has 0 aliphatic carbocycles. The van der Waals surface area contributed by atoms with Crippen LogP contribution < -0.4 is 5.32 Å². The number of aryl methyl sites for hydroxylation is 1. The molecule has 0 bridgehead atoms. The first-order chi connectivity index (χ1) is 7.84. The predicted octanol–water partition coefficient (Wildman–Crippen LogP) is 2.97. The summed E-state index contributed by atoms with van der Waals surface area (Å²) in [6.45, 7) is 2.17. The molecule has 1 aromatic heterocycles. The zero-order valence-electron chi connectivity index (χ0n) is 9.26. The van der Waals surface area contributed by atoms with Gasteiger partial charge in [0.2, 0.25) is 5.13 Å². The molecule has 1 unspecified atom stereocenters. The van der Waals surface area contributed by atoms with Crippen molar-refractivity contribution >= 4 is 16.7 Å². The van der Waals surface area contributed by atoms with E-state index < -0.39 is 0 Å². The van der Waals surface area contributed by atoms with Gasteiger partial charge in [0.15, 0.2) is 0 Å². The molecule has 1 N–H and O–H groups in total. The second-order valence-electron chi connectivity index (χ2n) is 3.82. The Balaban J connectivity index is 1.78. The Morgan fingerprint density at radius 2 is 2.12 bits per heavy atom. The molecular formula is C12H15N3S. The lowest BCUT2D eigenvalue weighted by Gasteiger charge is -2.12. The molecule has 0 aliphatic rings. The third-order valence-electron chi connectivity index (χ3n) is 2.44. The van der Waals surface area contributed by atoms with Crippen LogP contribution >= 0.6 is 11.5 Å². The number of anilines is 1. The van der Waals surface area contributed by atoms with Crippen LogP contribution in [0.4, 0.5) is 5.13 Å². The molecule has 0 saturated heterocycles. The van der Waals surface area contributed by atoms with Crippen LogP contribution in [0.3, 0.4) is 0 Å². The minimum absolute atomic E-state index is 0.424. The van der Waals surface area contributed by atoms with Crippen molar-refractivity contribution in [2.75, 3.05) is 5.32 Å². The third-order valence-corrected chi connectivity index (χ3v) is 3.04. The largest absolute Gasteiger partial charge is 0.358 e. The smallest absolute Gasteiger partial charge is 0.202 e. The Bertz CT molecular complexity index is 399. The maximum absolute atomic E-state index is 4.11. The first kappa shape index (κ1) is 11.1. The molecule has 2 rings (SSSR count). The number of rotatable bonds is 5. The summed E-state index contributed by atoms with van der Waals surface area (Å²) < 4.78 is 3.96. The highest BCUT2D eigenvalue weighted by molar-refractivity contribution is 7.09. The minimum Gasteiger partial charge on any atom is -0.358 e. The summed E-state index contributed by atoms with van der Waals surface area (Å²) in [6, 6.07) is 11.0. The van der Waals surface area contributed by atoms with Gasteiger partial charge in [-0.1, -0.05) is 30.3 Å². The maximum atomic E-state index is 4.11. The molecule has 1 heterocycles. The van der Waals surface area contributed by atoms with Gasteiger partial charge in [0.1, 0.15) is 6.33 Å². The molecule has 0 aliphatic heterocycles. The van der Waals surface area contributed by atoms with E-state index in [9.17, 15) is 0 Å². The van der Waals surface area contributed by atoms with Gasteiger partial charge in [0.25, 0.3) is 0 Å². The zero-order valence-corrected chi connectivity index (χ0v) is 10.1. The van der Waals surface area contributed by atoms with Crippen molar-refractivity contribution in [1.29, 1.82) is 0 Å². The number of benzene rings is 1. The monoisotopic (exact) mass is 233 g/mol. The Morgan fingerprint density at radius 1 is 1.31 bits per heavy atom. The molecule has 0 spiro atoms. The molecule has 0 radical (unpaired) electrons. The molecule has 16 heavy (non-hydrogen) atoms. The SMILES string of the molecule is CC(CCc1ccccc1)Nc1ncns1. The third kappa shape index (κ3) is 3.31. The molecule has 0 fully saturated rings. The van der Waals surface area contributed by atoms with Crippen molar-refractivity contribution in [3.63, 3.8) is 0 Å². The van der Waals surface area contributed by atoms with Crippen LogP contribution in [0.25, 0.3) is 0 Å². The van der Waals surface area contributed by atoms with Gasteiger partial charge in [0.05, 0.1) is 0 Å². The number of nitrogens with zero attached hydrogens (tertiary/aromatic N) is 2. The highest BCUT2D eigenvalue weighted by atomic mass is 32.1. The number of aromatic nitrogens is 2. The Morgan fingerprint density at radius 3 is 2.81 bits per heavy atom. The molecule has 3 nitrogen and oxygen atoms in total. The minimum atomic E-state index is 0.424. The van der Waals surface area contributed by atoms with Gasteiger partial charge in [-0.3, -0.25) is 0 Å². The number of hydrogen-bond acceptors (Lipinski definition) is 4. The van der Waals surface area contributed by atoms with Crippen molar-refractivity contribution in [1.82, 2.24) is 9.36 Å². The molecule has 0 amide bonds. The van der Waals surface area contributed by atoms with Crippen LogP contribution in [0.2, 0.25) is 0 Å². The van der Waals surface area contributed by atoms with Gasteiger partial charge in [-0.15, -0.1) is 0 Å². The summed E-state index contributed by atoms with van der Waals surface area (Å²) in [6.07, 6.45) is 3.77. The van der Waals surface area contributed by atoms with Gasteiger partial charge in [-0.05, 0) is 25.3 Å². The van der Waals surface area contributed by atoms with Crippen molar-refractivity contribution in [3.05, 3.63) is 42.2 Å². The number of nitrogens with one attached hydrogen (secondary N) is 1. The molecular weight excluding hydrogens is 218 g/mol. The quantitative estimate of drug-likeness (QED) is 0.862. The number of hydrogen-bond donors (Lipinski definition) is 1. The summed E-state index contributed by atoms with van der Waals surface area (Å²) in [5.41, 5.74) is 1.38. The second kappa shape index (κ2) is 5.61. The van der Waals surface area contributed by atoms with Gasteiger partial charge in [-0.25, -0.2) is 4.98 Å². The second-order valence-corrected chi connectivity index (χ2v) is 4.60. The topological polar surface area (TPSA) is 37.8 Å². The first-order valence-corrected chi connectivity index (χ1v) is 6.19. The summed E-state index contributed by atoms with van der Waals surface area (Å²) >= 11 is 1.40. The van der Waals surface area contributed by atoms with Crippen LogP contribution in [0.5, 0.6) is 0 Å². The van der Waals surface area contributed by atoms with E-state index in [1.165, 1.54) is 17.1 Å². The van der Waals surface area contributed by atoms with Gasteiger partial charge >= 0.3 is 0 Å². The van der Waals surface area contributed by atoms with Gasteiger partial charge in [-0.2, -0.15) is 4.37 Å². The predicted molar refractivity (Wildman–Crippen MR) is 67.8 cm³/mol. The van der Waals surface area contributed by atoms with Crippen LogP contribution in [-0.4, -0.2) is 15.4 Å². The maximum Gasteiger partial charge on any atom is 0.202 e.